The number of hydrogen-bond acceptors (Lipinski definition) is 39. The van der Waals surface area contributed by atoms with E-state index in [1.54, 1.807) is 0 Å². The topological polar surface area (TPSA) is 718 Å². The molecule has 6 aliphatic rings. The van der Waals surface area contributed by atoms with E-state index in [2.05, 4.69) is 108 Å². The lowest BCUT2D eigenvalue weighted by atomic mass is 10.1. The van der Waals surface area contributed by atoms with Gasteiger partial charge in [-0.05, 0) is 97.3 Å². The van der Waals surface area contributed by atoms with Gasteiger partial charge in [-0.1, -0.05) is 47.5 Å². The fourth-order valence-electron chi connectivity index (χ4n) is 13.8. The van der Waals surface area contributed by atoms with Gasteiger partial charge in [-0.3, -0.25) is 13.7 Å². The van der Waals surface area contributed by atoms with Crippen molar-refractivity contribution < 1.29 is 130 Å². The third kappa shape index (κ3) is 20.1. The van der Waals surface area contributed by atoms with Crippen molar-refractivity contribution in [2.45, 2.75) is 173 Å². The molecule has 19 N–H and O–H groups in total. The number of aliphatic hydroxyl groups is 8. The maximum Gasteiger partial charge on any atom is 0.361 e. The molecule has 119 heavy (non-hydrogen) atoms. The number of aliphatic hydroxyl groups excluding tert-OH is 8. The second kappa shape index (κ2) is 36.8. The third-order valence-corrected chi connectivity index (χ3v) is 26.8. The molecule has 15 rings (SSSR count). The first kappa shape index (κ1) is 89.8. The molecule has 0 bridgehead atoms. The van der Waals surface area contributed by atoms with Gasteiger partial charge < -0.3 is 124 Å². The summed E-state index contributed by atoms with van der Waals surface area (Å²) in [5.74, 6) is 1.17. The first-order valence-electron chi connectivity index (χ1n) is 36.6. The van der Waals surface area contributed by atoms with Crippen LogP contribution >= 0.6 is 57.6 Å². The number of aryl methyl sites for hydroxylation is 1. The zero-order valence-corrected chi connectivity index (χ0v) is 68.4. The van der Waals surface area contributed by atoms with Gasteiger partial charge in [0.15, 0.2) is 62.5 Å². The molecule has 0 radical (unpaired) electrons. The fourth-order valence-corrected chi connectivity index (χ4v) is 18.4. The van der Waals surface area contributed by atoms with E-state index >= 15 is 0 Å². The van der Waals surface area contributed by atoms with Crippen LogP contribution in [0.15, 0.2) is 42.9 Å². The lowest BCUT2D eigenvalue weighted by Crippen LogP contribution is -2.45. The molecule has 9 aromatic rings. The Balaban J connectivity index is 0.000000155. The Hall–Kier alpha value is -6.96. The van der Waals surface area contributed by atoms with E-state index in [-0.39, 0.29) is 69.7 Å². The molecule has 652 valence electrons. The molecule has 16 atom stereocenters. The van der Waals surface area contributed by atoms with Crippen molar-refractivity contribution >= 4 is 118 Å². The van der Waals surface area contributed by atoms with E-state index in [4.69, 9.17) is 72.7 Å². The lowest BCUT2D eigenvalue weighted by Gasteiger charge is -2.33. The van der Waals surface area contributed by atoms with Crippen LogP contribution in [0.1, 0.15) is 99.4 Å². The van der Waals surface area contributed by atoms with Crippen LogP contribution in [0.25, 0.3) is 33.1 Å². The predicted molar refractivity (Wildman–Crippen MR) is 406 cm³/mol. The van der Waals surface area contributed by atoms with Gasteiger partial charge in [-0.15, -0.1) is 20.4 Å². The van der Waals surface area contributed by atoms with E-state index in [9.17, 15) is 92.3 Å². The minimum atomic E-state index is -5.16. The van der Waals surface area contributed by atoms with Gasteiger partial charge in [0.25, 0.3) is 0 Å². The van der Waals surface area contributed by atoms with Crippen molar-refractivity contribution in [3.63, 3.8) is 0 Å². The molecule has 1 aromatic carbocycles. The van der Waals surface area contributed by atoms with E-state index < -0.39 is 174 Å². The van der Waals surface area contributed by atoms with Crippen LogP contribution in [0.5, 0.6) is 0 Å². The first-order chi connectivity index (χ1) is 56.4. The molecule has 50 nitrogen and oxygen atoms in total. The summed E-state index contributed by atoms with van der Waals surface area (Å²) in [7, 11) is -19.2. The van der Waals surface area contributed by atoms with Gasteiger partial charge in [0.2, 0.25) is 26.5 Å². The molecule has 0 spiro atoms. The van der Waals surface area contributed by atoms with E-state index in [1.807, 2.05) is 18.2 Å². The summed E-state index contributed by atoms with van der Waals surface area (Å²) in [4.78, 5) is 84.7. The van der Waals surface area contributed by atoms with Crippen LogP contribution in [0.4, 0.5) is 17.5 Å². The number of nitrogens with zero attached hydrogens (tertiary/aromatic N) is 18. The summed E-state index contributed by atoms with van der Waals surface area (Å²) in [6.45, 7) is -4.58. The lowest BCUT2D eigenvalue weighted by molar-refractivity contribution is -0.131. The number of fused-ring (bicyclic) bond motifs is 4. The van der Waals surface area contributed by atoms with Crippen LogP contribution in [0.3, 0.4) is 0 Å². The largest absolute Gasteiger partial charge is 0.393 e. The molecule has 8 aromatic heterocycles. The number of rotatable bonds is 34. The summed E-state index contributed by atoms with van der Waals surface area (Å²) < 4.78 is 108. The number of benzene rings is 1. The number of halogens is 3. The minimum Gasteiger partial charge on any atom is -0.393 e. The normalized spacial score (nSPS) is 25.8. The van der Waals surface area contributed by atoms with Gasteiger partial charge in [-0.2, -0.15) is 55.6 Å². The Bertz CT molecular complexity index is 5250. The molecule has 3 unspecified atom stereocenters. The van der Waals surface area contributed by atoms with E-state index in [1.165, 1.54) is 38.2 Å². The molecule has 57 heteroatoms. The SMILES string of the molecule is CC(CS(C)(=O)=O)(OC[C@H]1O[C@@H](n2ncc3c(NC4CCCC4)nc(Cl)nc32)[C@H](O)[C@@H]1O)P(=O)(O)O.O=P(O)(O)C(CO)(COCc1nn[nH]n1)OC[C@H]1O[C@@H](n2ncc3c(NC4CCc5ccccc54)nc(Cl)nc32)[C@H](O)[C@@H]1O.O=P(O)(O)[C@](CO)(COCc1nn[nH]n1)OC[C@H]1O[C@@H](n2ncc3c(NCC4CC4)nc(Cl)nc32)[C@H](O)[C@@H]1O. The number of nitrogens with one attached hydrogen (secondary N) is 5. The summed E-state index contributed by atoms with van der Waals surface area (Å²) in [6.07, 6.45) is -3.41. The molecule has 3 aliphatic carbocycles. The molecule has 5 fully saturated rings. The van der Waals surface area contributed by atoms with Gasteiger partial charge in [0.05, 0.1) is 92.8 Å². The summed E-state index contributed by atoms with van der Waals surface area (Å²) in [5.41, 5.74) is 3.08. The quantitative estimate of drug-likeness (QED) is 0.0166. The molecule has 2 saturated carbocycles. The fraction of sp³-hybridized carbons (Fsp3) is 0.629. The zero-order valence-electron chi connectivity index (χ0n) is 62.6. The van der Waals surface area contributed by atoms with Crippen LogP contribution < -0.4 is 16.0 Å². The van der Waals surface area contributed by atoms with Crippen LogP contribution in [0.2, 0.25) is 15.9 Å². The Labute approximate surface area is 686 Å². The van der Waals surface area contributed by atoms with Crippen molar-refractivity contribution in [2.24, 2.45) is 5.92 Å². The number of tetrazole rings is 2. The molecule has 3 aliphatic heterocycles. The van der Waals surface area contributed by atoms with Crippen molar-refractivity contribution in [3.05, 3.63) is 81.5 Å². The number of hydrogen-bond donors (Lipinski definition) is 19. The van der Waals surface area contributed by atoms with Crippen molar-refractivity contribution in [1.29, 1.82) is 0 Å². The average Bonchev–Trinajstić information content (AvgIpc) is 1.60. The maximum atomic E-state index is 12.4. The summed E-state index contributed by atoms with van der Waals surface area (Å²) in [6, 6.07) is 8.31. The standard InChI is InChI=1S/C24H29ClN9O9P.C19H27ClN9O9P.C19H29ClN5O9PS/c25-23-28-20(27-15-6-5-12-3-1-2-4-13(12)15)14-7-26-34(21(14)29-23)22-19(37)18(36)16(43-22)8-42-24(10-35,44(38,39)40)11-41-9-17-30-32-33-31-17;20-18-23-15(21-3-9-1-2-9)10-4-22-29(16(10)24-18)17-14(32)13(31)11(38-17)5-37-19(7-30,39(33,34)35)8-36-6-12-25-27-28-26-12;1-19(35(28,29)30,9-36(2,31)32)33-8-12-13(26)14(27)17(34-12)25-16-11(7-21-25)15(23-18(20)24-16)22-10-5-3-4-6-10/h1-4,7,15-16,18-19,22,35-37H,5-6,8-11H2,(H,27,28,29)(H2,38,39,40)(H,30,31,32,33);4,9,11,13-14,17,30-32H,1-3,5-8H2,(H,21,23,24)(H2,33,34,35)(H,25,26,27,28);7,10,12-14,17,26-27H,3-6,8-9H2,1-2H3,(H,22,23,24)(H2,28,29,30)/t15?,16-,18-,19-,22-,24?;11-,13-,14-,17-,19-;12-,13-,14-,17-,19?/m111/s1. The van der Waals surface area contributed by atoms with E-state index in [0.29, 0.717) is 46.1 Å². The predicted octanol–water partition coefficient (Wildman–Crippen LogP) is -1.25. The van der Waals surface area contributed by atoms with E-state index in [0.717, 1.165) is 70.1 Å². The Morgan fingerprint density at radius 2 is 0.983 bits per heavy atom. The number of H-pyrrole nitrogens is 2. The van der Waals surface area contributed by atoms with Crippen molar-refractivity contribution in [2.75, 3.05) is 80.8 Å². The number of anilines is 3. The second-order valence-corrected chi connectivity index (χ2v) is 38.2. The summed E-state index contributed by atoms with van der Waals surface area (Å²) in [5, 5.41) is 127. The van der Waals surface area contributed by atoms with Crippen molar-refractivity contribution in [1.82, 2.24) is 100 Å². The van der Waals surface area contributed by atoms with Gasteiger partial charge in [-0.25, -0.2) is 22.5 Å². The molecule has 11 heterocycles. The Kier molecular flexibility index (Phi) is 27.8. The second-order valence-electron chi connectivity index (χ2n) is 29.2. The van der Waals surface area contributed by atoms with Gasteiger partial charge in [0, 0.05) is 18.8 Å². The van der Waals surface area contributed by atoms with Crippen molar-refractivity contribution in [3.8, 4) is 0 Å². The minimum absolute atomic E-state index is 0.0163. The summed E-state index contributed by atoms with van der Waals surface area (Å²) >= 11 is 18.5. The average molecular weight is 1820 g/mol. The van der Waals surface area contributed by atoms with Crippen LogP contribution in [0, 0.1) is 5.92 Å². The Morgan fingerprint density at radius 1 is 0.563 bits per heavy atom. The third-order valence-electron chi connectivity index (χ3n) is 20.6. The monoisotopic (exact) mass is 1810 g/mol. The molecule has 0 amide bonds. The van der Waals surface area contributed by atoms with Gasteiger partial charge >= 0.3 is 22.8 Å². The highest BCUT2D eigenvalue weighted by Crippen LogP contribution is 2.55. The number of aromatic amines is 2. The smallest absolute Gasteiger partial charge is 0.361 e. The number of sulfone groups is 1. The Morgan fingerprint density at radius 3 is 1.39 bits per heavy atom. The highest BCUT2D eigenvalue weighted by molar-refractivity contribution is 7.91. The number of aromatic nitrogens is 20. The highest BCUT2D eigenvalue weighted by atomic mass is 35.5. The molecule has 3 saturated heterocycles. The first-order valence-corrected chi connectivity index (χ1v) is 44.6. The highest BCUT2D eigenvalue weighted by Gasteiger charge is 2.55. The zero-order chi connectivity index (χ0) is 85.3. The molecular formula is C62H85Cl3N23O27P3S. The van der Waals surface area contributed by atoms with Gasteiger partial charge in [0.1, 0.15) is 85.6 Å². The number of ether oxygens (including phenoxy) is 8. The van der Waals surface area contributed by atoms with Crippen LogP contribution in [-0.2, 0) is 81.1 Å². The molecular weight excluding hydrogens is 1730 g/mol. The van der Waals surface area contributed by atoms with Crippen LogP contribution in [-0.4, -0.2) is 321 Å². The maximum absolute atomic E-state index is 12.4.